The van der Waals surface area contributed by atoms with E-state index in [2.05, 4.69) is 0 Å². The van der Waals surface area contributed by atoms with Crippen molar-refractivity contribution in [3.05, 3.63) is 0 Å². The number of rotatable bonds is 3. The third-order valence-electron chi connectivity index (χ3n) is 1.80. The molecule has 0 aliphatic carbocycles. The Morgan fingerprint density at radius 3 is 2.82 bits per heavy atom. The summed E-state index contributed by atoms with van der Waals surface area (Å²) in [5.74, 6) is 0. The topological polar surface area (TPSA) is 58.9 Å². The molecule has 11 heavy (non-hydrogen) atoms. The fourth-order valence-corrected chi connectivity index (χ4v) is 1.18. The van der Waals surface area contributed by atoms with Gasteiger partial charge >= 0.3 is 0 Å². The van der Waals surface area contributed by atoms with Crippen LogP contribution in [0.15, 0.2) is 0 Å². The van der Waals surface area contributed by atoms with Crippen LogP contribution in [0.5, 0.6) is 0 Å². The Hall–Kier alpha value is -0.160. The molecule has 0 aromatic carbocycles. The molecule has 1 aliphatic rings. The smallest absolute Gasteiger partial charge is 0.111 e. The average molecular weight is 162 g/mol. The maximum Gasteiger partial charge on any atom is 0.111 e. The Labute approximate surface area is 65.7 Å². The van der Waals surface area contributed by atoms with E-state index in [1.54, 1.807) is 0 Å². The molecule has 0 aromatic heterocycles. The van der Waals surface area contributed by atoms with Crippen LogP contribution in [0.3, 0.4) is 0 Å². The molecule has 2 N–H and O–H groups in total. The van der Waals surface area contributed by atoms with Crippen molar-refractivity contribution in [2.24, 2.45) is 0 Å². The molecule has 1 rings (SSSR count). The second-order valence-corrected chi connectivity index (χ2v) is 2.54. The molecule has 0 unspecified atom stereocenters. The lowest BCUT2D eigenvalue weighted by Crippen LogP contribution is -2.33. The lowest BCUT2D eigenvalue weighted by Gasteiger charge is -2.14. The Balaban J connectivity index is 2.35. The van der Waals surface area contributed by atoms with E-state index in [4.69, 9.17) is 14.6 Å². The van der Waals surface area contributed by atoms with Crippen molar-refractivity contribution in [1.29, 1.82) is 0 Å². The summed E-state index contributed by atoms with van der Waals surface area (Å²) in [7, 11) is 0. The highest BCUT2D eigenvalue weighted by molar-refractivity contribution is 4.83. The van der Waals surface area contributed by atoms with E-state index in [9.17, 15) is 5.11 Å². The van der Waals surface area contributed by atoms with Crippen LogP contribution in [0, 0.1) is 0 Å². The maximum atomic E-state index is 9.37. The van der Waals surface area contributed by atoms with Gasteiger partial charge in [0.1, 0.15) is 18.3 Å². The molecule has 4 nitrogen and oxygen atoms in total. The van der Waals surface area contributed by atoms with Gasteiger partial charge in [-0.05, 0) is 6.92 Å². The van der Waals surface area contributed by atoms with Crippen molar-refractivity contribution in [3.63, 3.8) is 0 Å². The quantitative estimate of drug-likeness (QED) is 0.567. The summed E-state index contributed by atoms with van der Waals surface area (Å²) in [6.07, 6.45) is -1.41. The number of ether oxygens (including phenoxy) is 2. The minimum absolute atomic E-state index is 0.148. The molecular formula is C7H14O4. The fourth-order valence-electron chi connectivity index (χ4n) is 1.18. The normalized spacial score (nSPS) is 37.9. The molecule has 66 valence electrons. The molecule has 0 spiro atoms. The number of aliphatic hydroxyl groups excluding tert-OH is 2. The van der Waals surface area contributed by atoms with Crippen molar-refractivity contribution in [3.8, 4) is 0 Å². The fraction of sp³-hybridized carbons (Fsp3) is 1.00. The Kier molecular flexibility index (Phi) is 3.26. The molecule has 0 amide bonds. The van der Waals surface area contributed by atoms with Crippen LogP contribution in [0.4, 0.5) is 0 Å². The third-order valence-corrected chi connectivity index (χ3v) is 1.80. The first-order valence-electron chi connectivity index (χ1n) is 3.81. The lowest BCUT2D eigenvalue weighted by atomic mass is 10.1. The first kappa shape index (κ1) is 8.93. The van der Waals surface area contributed by atoms with Crippen LogP contribution >= 0.6 is 0 Å². The number of aliphatic hydroxyl groups is 2. The van der Waals surface area contributed by atoms with Gasteiger partial charge in [0.2, 0.25) is 0 Å². The van der Waals surface area contributed by atoms with Crippen LogP contribution in [0.25, 0.3) is 0 Å². The van der Waals surface area contributed by atoms with Crippen molar-refractivity contribution >= 4 is 0 Å². The minimum Gasteiger partial charge on any atom is -0.394 e. The van der Waals surface area contributed by atoms with Gasteiger partial charge in [-0.1, -0.05) is 0 Å². The van der Waals surface area contributed by atoms with E-state index in [1.165, 1.54) is 0 Å². The van der Waals surface area contributed by atoms with Crippen molar-refractivity contribution in [2.45, 2.75) is 25.2 Å². The van der Waals surface area contributed by atoms with Crippen LogP contribution in [0.2, 0.25) is 0 Å². The summed E-state index contributed by atoms with van der Waals surface area (Å²) >= 11 is 0. The van der Waals surface area contributed by atoms with Crippen LogP contribution < -0.4 is 0 Å². The zero-order valence-electron chi connectivity index (χ0n) is 6.56. The molecule has 3 atom stereocenters. The molecule has 1 aliphatic heterocycles. The summed E-state index contributed by atoms with van der Waals surface area (Å²) in [4.78, 5) is 0. The number of hydrogen-bond donors (Lipinski definition) is 2. The molecular weight excluding hydrogens is 148 g/mol. The summed E-state index contributed by atoms with van der Waals surface area (Å²) in [6, 6.07) is 0. The monoisotopic (exact) mass is 162 g/mol. The molecule has 0 saturated carbocycles. The lowest BCUT2D eigenvalue weighted by molar-refractivity contribution is -0.0246. The second-order valence-electron chi connectivity index (χ2n) is 2.54. The first-order chi connectivity index (χ1) is 5.29. The predicted molar refractivity (Wildman–Crippen MR) is 38.2 cm³/mol. The largest absolute Gasteiger partial charge is 0.394 e. The standard InChI is InChI=1S/C7H14O4/c1-2-10-6-4-11-5(3-8)7(6)9/h5-9H,2-4H2,1H3/t5-,6+,7-/m1/s1. The molecule has 0 bridgehead atoms. The van der Waals surface area contributed by atoms with E-state index in [1.807, 2.05) is 6.92 Å². The van der Waals surface area contributed by atoms with Gasteiger partial charge in [0.15, 0.2) is 0 Å². The zero-order valence-corrected chi connectivity index (χ0v) is 6.56. The van der Waals surface area contributed by atoms with Gasteiger partial charge in [0.25, 0.3) is 0 Å². The Morgan fingerprint density at radius 1 is 1.64 bits per heavy atom. The van der Waals surface area contributed by atoms with Crippen molar-refractivity contribution in [2.75, 3.05) is 19.8 Å². The Bertz CT molecular complexity index is 117. The van der Waals surface area contributed by atoms with Crippen LogP contribution in [0.1, 0.15) is 6.92 Å². The maximum absolute atomic E-state index is 9.37. The van der Waals surface area contributed by atoms with Gasteiger partial charge in [-0.15, -0.1) is 0 Å². The van der Waals surface area contributed by atoms with Gasteiger partial charge in [-0.25, -0.2) is 0 Å². The van der Waals surface area contributed by atoms with E-state index in [-0.39, 0.29) is 12.7 Å². The summed E-state index contributed by atoms with van der Waals surface area (Å²) in [5.41, 5.74) is 0. The van der Waals surface area contributed by atoms with Gasteiger partial charge < -0.3 is 19.7 Å². The Morgan fingerprint density at radius 2 is 2.36 bits per heavy atom. The van der Waals surface area contributed by atoms with Gasteiger partial charge in [0, 0.05) is 6.61 Å². The highest BCUT2D eigenvalue weighted by Gasteiger charge is 2.35. The summed E-state index contributed by atoms with van der Waals surface area (Å²) < 4.78 is 10.2. The van der Waals surface area contributed by atoms with Gasteiger partial charge in [0.05, 0.1) is 13.2 Å². The first-order valence-corrected chi connectivity index (χ1v) is 3.81. The molecule has 1 heterocycles. The van der Waals surface area contributed by atoms with Crippen molar-refractivity contribution in [1.82, 2.24) is 0 Å². The highest BCUT2D eigenvalue weighted by atomic mass is 16.6. The van der Waals surface area contributed by atoms with E-state index < -0.39 is 12.2 Å². The van der Waals surface area contributed by atoms with Crippen molar-refractivity contribution < 1.29 is 19.7 Å². The molecule has 1 fully saturated rings. The van der Waals surface area contributed by atoms with E-state index in [0.29, 0.717) is 13.2 Å². The molecule has 0 aromatic rings. The summed E-state index contributed by atoms with van der Waals surface area (Å²) in [6.45, 7) is 2.65. The number of hydrogen-bond acceptors (Lipinski definition) is 4. The average Bonchev–Trinajstić information content (AvgIpc) is 2.34. The predicted octanol–water partition coefficient (Wildman–Crippen LogP) is -0.857. The van der Waals surface area contributed by atoms with Gasteiger partial charge in [-0.3, -0.25) is 0 Å². The second kappa shape index (κ2) is 4.01. The molecule has 1 saturated heterocycles. The van der Waals surface area contributed by atoms with Gasteiger partial charge in [-0.2, -0.15) is 0 Å². The SMILES string of the molecule is CCO[C@H]1CO[C@H](CO)[C@H]1O. The molecule has 4 heteroatoms. The van der Waals surface area contributed by atoms with E-state index in [0.717, 1.165) is 0 Å². The zero-order chi connectivity index (χ0) is 8.27. The molecule has 0 radical (unpaired) electrons. The highest BCUT2D eigenvalue weighted by Crippen LogP contribution is 2.16. The van der Waals surface area contributed by atoms with Crippen LogP contribution in [-0.2, 0) is 9.47 Å². The summed E-state index contributed by atoms with van der Waals surface area (Å²) in [5, 5.41) is 18.1. The van der Waals surface area contributed by atoms with Crippen LogP contribution in [-0.4, -0.2) is 48.3 Å². The van der Waals surface area contributed by atoms with E-state index >= 15 is 0 Å². The third kappa shape index (κ3) is 1.90. The minimum atomic E-state index is -0.681.